The number of primary amides is 1. The molecule has 0 bridgehead atoms. The fourth-order valence-corrected chi connectivity index (χ4v) is 1.33. The molecular weight excluding hydrogens is 250 g/mol. The normalized spacial score (nSPS) is 10.2. The fraction of sp³-hybridized carbons (Fsp3) is 0.250. The lowest BCUT2D eigenvalue weighted by molar-refractivity contribution is 0.0600. The summed E-state index contributed by atoms with van der Waals surface area (Å²) in [5, 5.41) is 3.63. The number of hydrogen-bond donors (Lipinski definition) is 2. The highest BCUT2D eigenvalue weighted by atomic mass is 16.5. The Morgan fingerprint density at radius 3 is 2.79 bits per heavy atom. The van der Waals surface area contributed by atoms with Crippen molar-refractivity contribution in [2.24, 2.45) is 10.8 Å². The van der Waals surface area contributed by atoms with Gasteiger partial charge < -0.3 is 15.2 Å². The van der Waals surface area contributed by atoms with E-state index in [2.05, 4.69) is 15.3 Å². The molecular formula is C12H15N3O4. The van der Waals surface area contributed by atoms with Crippen molar-refractivity contribution in [2.75, 3.05) is 13.7 Å². The summed E-state index contributed by atoms with van der Waals surface area (Å²) in [6.45, 7) is 2.24. The van der Waals surface area contributed by atoms with E-state index in [1.165, 1.54) is 13.3 Å². The molecule has 3 N–H and O–H groups in total. The van der Waals surface area contributed by atoms with Crippen LogP contribution in [0, 0.1) is 0 Å². The first kappa shape index (κ1) is 14.5. The van der Waals surface area contributed by atoms with Gasteiger partial charge in [-0.3, -0.25) is 0 Å². The van der Waals surface area contributed by atoms with Crippen molar-refractivity contribution in [1.29, 1.82) is 0 Å². The highest BCUT2D eigenvalue weighted by molar-refractivity contribution is 5.92. The number of carbonyl (C=O) groups excluding carboxylic acids is 2. The van der Waals surface area contributed by atoms with E-state index in [1.807, 2.05) is 6.92 Å². The lowest BCUT2D eigenvalue weighted by Gasteiger charge is -2.08. The number of rotatable bonds is 5. The van der Waals surface area contributed by atoms with Gasteiger partial charge in [-0.1, -0.05) is 0 Å². The number of hydrogen-bond acceptors (Lipinski definition) is 5. The molecule has 0 atom stereocenters. The number of nitrogens with zero attached hydrogens (tertiary/aromatic N) is 1. The second kappa shape index (κ2) is 7.00. The SMILES string of the molecule is CCOc1cc(C(=O)OC)ccc1C=NNC(N)=O. The third-order valence-electron chi connectivity index (χ3n) is 2.11. The van der Waals surface area contributed by atoms with Crippen molar-refractivity contribution in [1.82, 2.24) is 5.43 Å². The van der Waals surface area contributed by atoms with Gasteiger partial charge in [-0.05, 0) is 25.1 Å². The number of hydrazone groups is 1. The van der Waals surface area contributed by atoms with Crippen molar-refractivity contribution in [3.8, 4) is 5.75 Å². The van der Waals surface area contributed by atoms with Crippen LogP contribution in [-0.2, 0) is 4.74 Å². The molecule has 0 saturated carbocycles. The van der Waals surface area contributed by atoms with Gasteiger partial charge in [0.1, 0.15) is 5.75 Å². The lowest BCUT2D eigenvalue weighted by atomic mass is 10.1. The van der Waals surface area contributed by atoms with Gasteiger partial charge in [-0.15, -0.1) is 0 Å². The zero-order chi connectivity index (χ0) is 14.3. The van der Waals surface area contributed by atoms with Gasteiger partial charge in [0, 0.05) is 5.56 Å². The maximum absolute atomic E-state index is 11.4. The molecule has 0 unspecified atom stereocenters. The zero-order valence-corrected chi connectivity index (χ0v) is 10.7. The molecule has 1 aromatic carbocycles. The van der Waals surface area contributed by atoms with Crippen molar-refractivity contribution < 1.29 is 19.1 Å². The third-order valence-corrected chi connectivity index (χ3v) is 2.11. The summed E-state index contributed by atoms with van der Waals surface area (Å²) in [7, 11) is 1.30. The van der Waals surface area contributed by atoms with Crippen LogP contribution >= 0.6 is 0 Å². The minimum absolute atomic E-state index is 0.367. The standard InChI is InChI=1S/C12H15N3O4/c1-3-19-10-6-8(11(16)18-2)4-5-9(10)7-14-15-12(13)17/h4-7H,3H2,1-2H3,(H3,13,15,17). The van der Waals surface area contributed by atoms with Crippen LogP contribution in [0.4, 0.5) is 4.79 Å². The summed E-state index contributed by atoms with van der Waals surface area (Å²) >= 11 is 0. The Morgan fingerprint density at radius 2 is 2.21 bits per heavy atom. The smallest absolute Gasteiger partial charge is 0.337 e. The van der Waals surface area contributed by atoms with Gasteiger partial charge in [-0.2, -0.15) is 5.10 Å². The summed E-state index contributed by atoms with van der Waals surface area (Å²) in [6, 6.07) is 3.98. The molecule has 0 aliphatic rings. The molecule has 102 valence electrons. The summed E-state index contributed by atoms with van der Waals surface area (Å²) in [5.41, 5.74) is 7.92. The number of methoxy groups -OCH3 is 1. The summed E-state index contributed by atoms with van der Waals surface area (Å²) in [5.74, 6) is 0.000114. The Bertz CT molecular complexity index is 500. The van der Waals surface area contributed by atoms with Crippen molar-refractivity contribution >= 4 is 18.2 Å². The quantitative estimate of drug-likeness (QED) is 0.468. The van der Waals surface area contributed by atoms with Crippen molar-refractivity contribution in [3.63, 3.8) is 0 Å². The van der Waals surface area contributed by atoms with E-state index in [0.29, 0.717) is 23.5 Å². The molecule has 0 heterocycles. The van der Waals surface area contributed by atoms with Gasteiger partial charge in [0.25, 0.3) is 0 Å². The van der Waals surface area contributed by atoms with Crippen LogP contribution in [0.3, 0.4) is 0 Å². The molecule has 2 amide bonds. The summed E-state index contributed by atoms with van der Waals surface area (Å²) < 4.78 is 10.0. The number of benzene rings is 1. The summed E-state index contributed by atoms with van der Waals surface area (Å²) in [4.78, 5) is 21.9. The van der Waals surface area contributed by atoms with Crippen molar-refractivity contribution in [3.05, 3.63) is 29.3 Å². The Labute approximate surface area is 110 Å². The largest absolute Gasteiger partial charge is 0.493 e. The van der Waals surface area contributed by atoms with Gasteiger partial charge in [0.15, 0.2) is 0 Å². The molecule has 1 aromatic rings. The monoisotopic (exact) mass is 265 g/mol. The van der Waals surface area contributed by atoms with Crippen LogP contribution in [0.25, 0.3) is 0 Å². The first-order valence-corrected chi connectivity index (χ1v) is 5.52. The van der Waals surface area contributed by atoms with Gasteiger partial charge in [0.2, 0.25) is 0 Å². The molecule has 19 heavy (non-hydrogen) atoms. The van der Waals surface area contributed by atoms with E-state index < -0.39 is 12.0 Å². The van der Waals surface area contributed by atoms with Gasteiger partial charge in [-0.25, -0.2) is 15.0 Å². The van der Waals surface area contributed by atoms with E-state index in [-0.39, 0.29) is 0 Å². The maximum atomic E-state index is 11.4. The molecule has 0 aliphatic carbocycles. The number of nitrogens with two attached hydrogens (primary N) is 1. The number of urea groups is 1. The highest BCUT2D eigenvalue weighted by Gasteiger charge is 2.09. The molecule has 7 heteroatoms. The predicted octanol–water partition coefficient (Wildman–Crippen LogP) is 0.874. The Morgan fingerprint density at radius 1 is 1.47 bits per heavy atom. The summed E-state index contributed by atoms with van der Waals surface area (Å²) in [6.07, 6.45) is 1.37. The van der Waals surface area contributed by atoms with Crippen LogP contribution in [0.5, 0.6) is 5.75 Å². The van der Waals surface area contributed by atoms with E-state index in [4.69, 9.17) is 10.5 Å². The second-order valence-corrected chi connectivity index (χ2v) is 3.41. The first-order valence-electron chi connectivity index (χ1n) is 5.52. The van der Waals surface area contributed by atoms with Crippen LogP contribution in [0.2, 0.25) is 0 Å². The van der Waals surface area contributed by atoms with Crippen LogP contribution in [-0.4, -0.2) is 31.9 Å². The van der Waals surface area contributed by atoms with Crippen LogP contribution in [0.15, 0.2) is 23.3 Å². The van der Waals surface area contributed by atoms with E-state index in [0.717, 1.165) is 0 Å². The molecule has 0 aliphatic heterocycles. The van der Waals surface area contributed by atoms with Gasteiger partial charge >= 0.3 is 12.0 Å². The average Bonchev–Trinajstić information content (AvgIpc) is 2.39. The maximum Gasteiger partial charge on any atom is 0.337 e. The molecule has 0 radical (unpaired) electrons. The number of nitrogens with one attached hydrogen (secondary N) is 1. The van der Waals surface area contributed by atoms with Crippen LogP contribution in [0.1, 0.15) is 22.8 Å². The minimum atomic E-state index is -0.764. The third kappa shape index (κ3) is 4.30. The second-order valence-electron chi connectivity index (χ2n) is 3.41. The topological polar surface area (TPSA) is 103 Å². The molecule has 1 rings (SSSR count). The Hall–Kier alpha value is -2.57. The molecule has 0 fully saturated rings. The molecule has 0 spiro atoms. The Balaban J connectivity index is 3.00. The number of carbonyl (C=O) groups is 2. The highest BCUT2D eigenvalue weighted by Crippen LogP contribution is 2.19. The Kier molecular flexibility index (Phi) is 5.34. The number of ether oxygens (including phenoxy) is 2. The predicted molar refractivity (Wildman–Crippen MR) is 69.3 cm³/mol. The zero-order valence-electron chi connectivity index (χ0n) is 10.7. The first-order chi connectivity index (χ1) is 9.08. The van der Waals surface area contributed by atoms with E-state index in [1.54, 1.807) is 18.2 Å². The molecule has 7 nitrogen and oxygen atoms in total. The minimum Gasteiger partial charge on any atom is -0.493 e. The number of amides is 2. The number of esters is 1. The molecule has 0 saturated heterocycles. The van der Waals surface area contributed by atoms with Crippen LogP contribution < -0.4 is 15.9 Å². The lowest BCUT2D eigenvalue weighted by Crippen LogP contribution is -2.24. The average molecular weight is 265 g/mol. The molecule has 0 aromatic heterocycles. The van der Waals surface area contributed by atoms with Gasteiger partial charge in [0.05, 0.1) is 25.5 Å². The van der Waals surface area contributed by atoms with E-state index in [9.17, 15) is 9.59 Å². The fourth-order valence-electron chi connectivity index (χ4n) is 1.33. The van der Waals surface area contributed by atoms with E-state index >= 15 is 0 Å². The van der Waals surface area contributed by atoms with Crippen molar-refractivity contribution in [2.45, 2.75) is 6.92 Å².